The molecule has 1 fully saturated rings. The number of rotatable bonds is 5. The second-order valence-electron chi connectivity index (χ2n) is 6.89. The van der Waals surface area contributed by atoms with Crippen LogP contribution in [0.2, 0.25) is 0 Å². The fourth-order valence-electron chi connectivity index (χ4n) is 3.49. The number of nitrogens with one attached hydrogen (secondary N) is 1. The number of hydrogen-bond acceptors (Lipinski definition) is 3. The fraction of sp³-hybridized carbons (Fsp3) is 0.474. The van der Waals surface area contributed by atoms with Gasteiger partial charge in [-0.15, -0.1) is 0 Å². The van der Waals surface area contributed by atoms with E-state index in [1.807, 2.05) is 0 Å². The van der Waals surface area contributed by atoms with Gasteiger partial charge < -0.3 is 10.2 Å². The van der Waals surface area contributed by atoms with Crippen LogP contribution >= 0.6 is 0 Å². The van der Waals surface area contributed by atoms with E-state index in [0.717, 1.165) is 17.8 Å². The molecule has 1 aliphatic heterocycles. The third-order valence-electron chi connectivity index (χ3n) is 4.93. The molecule has 3 rings (SSSR count). The Labute approximate surface area is 158 Å². The Hall–Kier alpha value is -2.45. The minimum Gasteiger partial charge on any atom is -0.371 e. The number of amides is 1. The number of aromatic nitrogens is 1. The Kier molecular flexibility index (Phi) is 6.00. The highest BCUT2D eigenvalue weighted by Crippen LogP contribution is 2.34. The third-order valence-corrected chi connectivity index (χ3v) is 4.93. The molecule has 0 saturated carbocycles. The Morgan fingerprint density at radius 3 is 2.57 bits per heavy atom. The van der Waals surface area contributed by atoms with Gasteiger partial charge in [0.1, 0.15) is 0 Å². The molecule has 0 radical (unpaired) electrons. The lowest BCUT2D eigenvalue weighted by Crippen LogP contribution is -2.36. The van der Waals surface area contributed by atoms with Crippen LogP contribution in [0.15, 0.2) is 30.5 Å². The molecule has 2 heterocycles. The molecule has 0 atom stereocenters. The topological polar surface area (TPSA) is 45.2 Å². The summed E-state index contributed by atoms with van der Waals surface area (Å²) in [5, 5.41) is 2.85. The summed E-state index contributed by atoms with van der Waals surface area (Å²) in [6, 6.07) is 5.29. The van der Waals surface area contributed by atoms with Crippen LogP contribution in [0.4, 0.5) is 27.6 Å². The predicted molar refractivity (Wildman–Crippen MR) is 95.3 cm³/mol. The quantitative estimate of drug-likeness (QED) is 0.763. The van der Waals surface area contributed by atoms with E-state index in [9.17, 15) is 26.7 Å². The number of pyridine rings is 1. The molecule has 0 unspecified atom stereocenters. The van der Waals surface area contributed by atoms with Crippen LogP contribution in [-0.2, 0) is 11.0 Å². The van der Waals surface area contributed by atoms with Gasteiger partial charge in [-0.25, -0.2) is 8.78 Å². The summed E-state index contributed by atoms with van der Waals surface area (Å²) in [6.45, 7) is 0.625. The molecule has 0 spiro atoms. The molecule has 1 aliphatic rings. The molecular weight excluding hydrogens is 381 g/mol. The average molecular weight is 401 g/mol. The lowest BCUT2D eigenvalue weighted by molar-refractivity contribution is -0.137. The molecule has 1 aromatic carbocycles. The molecule has 0 bridgehead atoms. The van der Waals surface area contributed by atoms with Crippen LogP contribution in [0.5, 0.6) is 0 Å². The largest absolute Gasteiger partial charge is 0.416 e. The van der Waals surface area contributed by atoms with Gasteiger partial charge in [0, 0.05) is 36.8 Å². The average Bonchev–Trinajstić information content (AvgIpc) is 2.65. The van der Waals surface area contributed by atoms with Gasteiger partial charge in [-0.3, -0.25) is 9.78 Å². The van der Waals surface area contributed by atoms with Gasteiger partial charge in [-0.05, 0) is 37.0 Å². The highest BCUT2D eigenvalue weighted by Gasteiger charge is 2.31. The Morgan fingerprint density at radius 1 is 1.21 bits per heavy atom. The Bertz CT molecular complexity index is 832. The zero-order valence-electron chi connectivity index (χ0n) is 15.0. The predicted octanol–water partition coefficient (Wildman–Crippen LogP) is 4.24. The van der Waals surface area contributed by atoms with Gasteiger partial charge in [-0.1, -0.05) is 6.07 Å². The van der Waals surface area contributed by atoms with Crippen molar-refractivity contribution in [1.82, 2.24) is 10.3 Å². The summed E-state index contributed by atoms with van der Waals surface area (Å²) in [5.74, 6) is -0.286. The first-order valence-corrected chi connectivity index (χ1v) is 9.00. The van der Waals surface area contributed by atoms with E-state index < -0.39 is 24.7 Å². The number of carbonyl (C=O) groups is 1. The van der Waals surface area contributed by atoms with Crippen molar-refractivity contribution in [2.24, 2.45) is 5.92 Å². The first-order chi connectivity index (χ1) is 13.2. The van der Waals surface area contributed by atoms with E-state index in [1.54, 1.807) is 6.07 Å². The van der Waals surface area contributed by atoms with Crippen LogP contribution in [0, 0.1) is 5.92 Å². The van der Waals surface area contributed by atoms with Gasteiger partial charge in [0.15, 0.2) is 0 Å². The van der Waals surface area contributed by atoms with Crippen molar-refractivity contribution in [3.8, 4) is 0 Å². The number of carbonyl (C=O) groups excluding carboxylic acids is 1. The van der Waals surface area contributed by atoms with E-state index in [1.165, 1.54) is 12.3 Å². The van der Waals surface area contributed by atoms with Crippen molar-refractivity contribution in [2.75, 3.05) is 24.5 Å². The molecule has 4 nitrogen and oxygen atoms in total. The zero-order valence-corrected chi connectivity index (χ0v) is 15.0. The van der Waals surface area contributed by atoms with E-state index in [4.69, 9.17) is 0 Å². The molecule has 28 heavy (non-hydrogen) atoms. The number of alkyl halides is 5. The minimum atomic E-state index is -4.42. The highest BCUT2D eigenvalue weighted by molar-refractivity contribution is 5.92. The summed E-state index contributed by atoms with van der Waals surface area (Å²) in [7, 11) is 0. The standard InChI is InChI=1S/C19H20F5N3O/c20-17(21)11-26-18(28)9-12-4-7-27(8-5-12)16-3-6-25-15-10-13(19(22,23)24)1-2-14(15)16/h1-3,6,10,12,17H,4-5,7-9,11H2,(H,26,28). The highest BCUT2D eigenvalue weighted by atomic mass is 19.4. The number of nitrogens with zero attached hydrogens (tertiary/aromatic N) is 2. The number of hydrogen-bond donors (Lipinski definition) is 1. The minimum absolute atomic E-state index is 0.0962. The molecule has 152 valence electrons. The maximum absolute atomic E-state index is 12.9. The van der Waals surface area contributed by atoms with Crippen LogP contribution in [0.25, 0.3) is 10.9 Å². The second-order valence-corrected chi connectivity index (χ2v) is 6.89. The van der Waals surface area contributed by atoms with Crippen LogP contribution < -0.4 is 10.2 Å². The molecule has 2 aromatic rings. The van der Waals surface area contributed by atoms with Crippen molar-refractivity contribution in [3.63, 3.8) is 0 Å². The Balaban J connectivity index is 1.66. The fourth-order valence-corrected chi connectivity index (χ4v) is 3.49. The lowest BCUT2D eigenvalue weighted by Gasteiger charge is -2.34. The van der Waals surface area contributed by atoms with Crippen molar-refractivity contribution in [3.05, 3.63) is 36.0 Å². The molecule has 1 aromatic heterocycles. The zero-order chi connectivity index (χ0) is 20.3. The van der Waals surface area contributed by atoms with Crippen LogP contribution in [-0.4, -0.2) is 37.0 Å². The number of fused-ring (bicyclic) bond motifs is 1. The summed E-state index contributed by atoms with van der Waals surface area (Å²) in [5.41, 5.74) is 0.346. The van der Waals surface area contributed by atoms with Gasteiger partial charge in [0.2, 0.25) is 5.91 Å². The molecule has 0 aliphatic carbocycles. The van der Waals surface area contributed by atoms with Gasteiger partial charge >= 0.3 is 6.18 Å². The number of benzene rings is 1. The van der Waals surface area contributed by atoms with Crippen molar-refractivity contribution in [2.45, 2.75) is 31.9 Å². The number of anilines is 1. The van der Waals surface area contributed by atoms with Gasteiger partial charge in [0.05, 0.1) is 17.6 Å². The number of piperidine rings is 1. The Morgan fingerprint density at radius 2 is 1.93 bits per heavy atom. The van der Waals surface area contributed by atoms with Gasteiger partial charge in [0.25, 0.3) is 6.43 Å². The second kappa shape index (κ2) is 8.28. The van der Waals surface area contributed by atoms with E-state index in [-0.39, 0.29) is 23.8 Å². The van der Waals surface area contributed by atoms with Crippen LogP contribution in [0.3, 0.4) is 0 Å². The summed E-state index contributed by atoms with van der Waals surface area (Å²) in [4.78, 5) is 17.8. The monoisotopic (exact) mass is 401 g/mol. The van der Waals surface area contributed by atoms with E-state index in [2.05, 4.69) is 15.2 Å². The first kappa shape index (κ1) is 20.3. The lowest BCUT2D eigenvalue weighted by atomic mass is 9.92. The summed E-state index contributed by atoms with van der Waals surface area (Å²) < 4.78 is 63.0. The molecule has 1 amide bonds. The molecule has 1 N–H and O–H groups in total. The smallest absolute Gasteiger partial charge is 0.371 e. The first-order valence-electron chi connectivity index (χ1n) is 9.00. The molecule has 1 saturated heterocycles. The summed E-state index contributed by atoms with van der Waals surface area (Å²) in [6.07, 6.45) is -3.90. The maximum atomic E-state index is 12.9. The normalized spacial score (nSPS) is 16.0. The number of halogens is 5. The van der Waals surface area contributed by atoms with Crippen molar-refractivity contribution >= 4 is 22.5 Å². The third kappa shape index (κ3) is 4.88. The summed E-state index contributed by atoms with van der Waals surface area (Å²) >= 11 is 0. The van der Waals surface area contributed by atoms with E-state index >= 15 is 0 Å². The molecular formula is C19H20F5N3O. The van der Waals surface area contributed by atoms with Crippen molar-refractivity contribution in [1.29, 1.82) is 0 Å². The van der Waals surface area contributed by atoms with Gasteiger partial charge in [-0.2, -0.15) is 13.2 Å². The SMILES string of the molecule is O=C(CC1CCN(c2ccnc3cc(C(F)(F)F)ccc23)CC1)NCC(F)F. The molecule has 9 heteroatoms. The van der Waals surface area contributed by atoms with Crippen LogP contribution in [0.1, 0.15) is 24.8 Å². The van der Waals surface area contributed by atoms with Crippen molar-refractivity contribution < 1.29 is 26.7 Å². The maximum Gasteiger partial charge on any atom is 0.416 e. The van der Waals surface area contributed by atoms with E-state index in [0.29, 0.717) is 31.3 Å².